The van der Waals surface area contributed by atoms with Crippen LogP contribution in [0.1, 0.15) is 5.69 Å². The molecule has 0 N–H and O–H groups in total. The number of halogens is 2. The molecule has 0 spiro atoms. The topological polar surface area (TPSA) is 53.5 Å². The molecule has 23 heavy (non-hydrogen) atoms. The van der Waals surface area contributed by atoms with Gasteiger partial charge < -0.3 is 4.90 Å². The van der Waals surface area contributed by atoms with Gasteiger partial charge in [-0.3, -0.25) is 0 Å². The molecule has 9 heteroatoms. The van der Waals surface area contributed by atoms with E-state index in [2.05, 4.69) is 41.7 Å². The van der Waals surface area contributed by atoms with E-state index in [1.54, 1.807) is 10.4 Å². The maximum atomic E-state index is 12.7. The van der Waals surface area contributed by atoms with Crippen molar-refractivity contribution in [3.05, 3.63) is 38.2 Å². The number of aromatic nitrogens is 1. The molecule has 1 saturated heterocycles. The summed E-state index contributed by atoms with van der Waals surface area (Å²) in [6.45, 7) is 4.17. The monoisotopic (exact) mass is 479 g/mol. The summed E-state index contributed by atoms with van der Waals surface area (Å²) in [6, 6.07) is 7.54. The van der Waals surface area contributed by atoms with Gasteiger partial charge in [-0.2, -0.15) is 4.31 Å². The summed E-state index contributed by atoms with van der Waals surface area (Å²) < 4.78 is 28.9. The van der Waals surface area contributed by atoms with Gasteiger partial charge in [-0.25, -0.2) is 13.4 Å². The van der Waals surface area contributed by atoms with E-state index in [9.17, 15) is 8.42 Å². The molecule has 0 saturated carbocycles. The van der Waals surface area contributed by atoms with Gasteiger partial charge >= 0.3 is 0 Å². The van der Waals surface area contributed by atoms with Gasteiger partial charge in [0.1, 0.15) is 10.0 Å². The van der Waals surface area contributed by atoms with Crippen molar-refractivity contribution in [2.45, 2.75) is 11.1 Å². The van der Waals surface area contributed by atoms with Crippen LogP contribution >= 0.6 is 43.2 Å². The molecule has 0 unspecified atom stereocenters. The van der Waals surface area contributed by atoms with Crippen LogP contribution in [0.3, 0.4) is 0 Å². The first-order valence-corrected chi connectivity index (χ1v) is 10.9. The first-order valence-electron chi connectivity index (χ1n) is 7.01. The van der Waals surface area contributed by atoms with Gasteiger partial charge in [0.2, 0.25) is 0 Å². The fourth-order valence-electron chi connectivity index (χ4n) is 2.44. The molecular weight excluding hydrogens is 466 g/mol. The molecule has 1 aliphatic rings. The second kappa shape index (κ2) is 6.79. The lowest BCUT2D eigenvalue weighted by atomic mass is 10.3. The van der Waals surface area contributed by atoms with Crippen LogP contribution in [0.2, 0.25) is 0 Å². The van der Waals surface area contributed by atoms with Gasteiger partial charge in [0.25, 0.3) is 10.0 Å². The number of aryl methyl sites for hydroxylation is 1. The Kier molecular flexibility index (Phi) is 5.12. The normalized spacial score (nSPS) is 16.7. The van der Waals surface area contributed by atoms with E-state index in [0.717, 1.165) is 19.8 Å². The number of anilines is 1. The van der Waals surface area contributed by atoms with Crippen LogP contribution in [0.25, 0.3) is 0 Å². The average Bonchev–Trinajstić information content (AvgIpc) is 2.88. The highest BCUT2D eigenvalue weighted by Crippen LogP contribution is 2.36. The van der Waals surface area contributed by atoms with Crippen LogP contribution < -0.4 is 4.90 Å². The van der Waals surface area contributed by atoms with Gasteiger partial charge in [0.05, 0.1) is 3.79 Å². The van der Waals surface area contributed by atoms with E-state index in [1.807, 2.05) is 25.1 Å². The number of nitrogens with zero attached hydrogens (tertiary/aromatic N) is 3. The summed E-state index contributed by atoms with van der Waals surface area (Å²) in [5.41, 5.74) is 0.964. The van der Waals surface area contributed by atoms with Gasteiger partial charge in [-0.05, 0) is 57.0 Å². The Morgan fingerprint density at radius 1 is 1.17 bits per heavy atom. The lowest BCUT2D eigenvalue weighted by molar-refractivity contribution is 0.384. The van der Waals surface area contributed by atoms with Crippen molar-refractivity contribution in [1.82, 2.24) is 9.29 Å². The molecule has 1 aliphatic heterocycles. The molecule has 0 bridgehead atoms. The zero-order valence-corrected chi connectivity index (χ0v) is 17.2. The lowest BCUT2D eigenvalue weighted by Crippen LogP contribution is -2.48. The van der Waals surface area contributed by atoms with Crippen molar-refractivity contribution >= 4 is 59.0 Å². The Hall–Kier alpha value is -0.480. The number of hydrogen-bond acceptors (Lipinski definition) is 5. The second-order valence-electron chi connectivity index (χ2n) is 5.22. The number of sulfonamides is 1. The van der Waals surface area contributed by atoms with Gasteiger partial charge in [0, 0.05) is 36.3 Å². The third kappa shape index (κ3) is 3.63. The fourth-order valence-corrected chi connectivity index (χ4v) is 6.84. The lowest BCUT2D eigenvalue weighted by Gasteiger charge is -2.34. The Labute approximate surface area is 156 Å². The SMILES string of the molecule is Cc1cccc(N2CCN(S(=O)(=O)c3cc(Br)c(Br)s3)CC2)n1. The van der Waals surface area contributed by atoms with Gasteiger partial charge in [-0.1, -0.05) is 6.07 Å². The van der Waals surface area contributed by atoms with Crippen molar-refractivity contribution in [2.75, 3.05) is 31.1 Å². The predicted molar refractivity (Wildman–Crippen MR) is 99.7 cm³/mol. The maximum Gasteiger partial charge on any atom is 0.252 e. The number of thiophene rings is 1. The summed E-state index contributed by atoms with van der Waals surface area (Å²) in [4.78, 5) is 6.63. The molecule has 0 amide bonds. The molecule has 2 aromatic rings. The van der Waals surface area contributed by atoms with Crippen molar-refractivity contribution in [3.63, 3.8) is 0 Å². The Balaban J connectivity index is 1.73. The van der Waals surface area contributed by atoms with E-state index in [-0.39, 0.29) is 0 Å². The third-order valence-corrected chi connectivity index (χ3v) is 9.26. The quantitative estimate of drug-likeness (QED) is 0.674. The van der Waals surface area contributed by atoms with E-state index in [1.165, 1.54) is 11.3 Å². The molecule has 2 aromatic heterocycles. The molecule has 0 atom stereocenters. The minimum atomic E-state index is -3.43. The standard InChI is InChI=1S/C14H15Br2N3O2S2/c1-10-3-2-4-12(17-10)18-5-7-19(8-6-18)23(20,21)13-9-11(15)14(16)22-13/h2-4,9H,5-8H2,1H3. The zero-order chi connectivity index (χ0) is 16.6. The Morgan fingerprint density at radius 3 is 2.43 bits per heavy atom. The third-order valence-electron chi connectivity index (χ3n) is 3.65. The smallest absolute Gasteiger partial charge is 0.252 e. The summed E-state index contributed by atoms with van der Waals surface area (Å²) >= 11 is 7.92. The molecule has 5 nitrogen and oxygen atoms in total. The number of pyridine rings is 1. The van der Waals surface area contributed by atoms with E-state index in [0.29, 0.717) is 30.4 Å². The Morgan fingerprint density at radius 2 is 1.87 bits per heavy atom. The minimum Gasteiger partial charge on any atom is -0.354 e. The average molecular weight is 481 g/mol. The van der Waals surface area contributed by atoms with Crippen LogP contribution in [0.15, 0.2) is 36.7 Å². The number of piperazine rings is 1. The highest BCUT2D eigenvalue weighted by Gasteiger charge is 2.30. The first-order chi connectivity index (χ1) is 10.9. The van der Waals surface area contributed by atoms with Gasteiger partial charge in [0.15, 0.2) is 0 Å². The zero-order valence-electron chi connectivity index (χ0n) is 12.4. The Bertz CT molecular complexity index is 796. The van der Waals surface area contributed by atoms with Crippen molar-refractivity contribution in [2.24, 2.45) is 0 Å². The molecule has 3 heterocycles. The first kappa shape index (κ1) is 17.3. The molecule has 124 valence electrons. The largest absolute Gasteiger partial charge is 0.354 e. The molecule has 1 fully saturated rings. The minimum absolute atomic E-state index is 0.360. The van der Waals surface area contributed by atoms with Crippen molar-refractivity contribution in [1.29, 1.82) is 0 Å². The van der Waals surface area contributed by atoms with Gasteiger partial charge in [-0.15, -0.1) is 11.3 Å². The molecule has 0 aromatic carbocycles. The predicted octanol–water partition coefficient (Wildman–Crippen LogP) is 3.49. The number of rotatable bonds is 3. The molecule has 3 rings (SSSR count). The van der Waals surface area contributed by atoms with Crippen LogP contribution in [0.4, 0.5) is 5.82 Å². The molecule has 0 aliphatic carbocycles. The number of hydrogen-bond donors (Lipinski definition) is 0. The highest BCUT2D eigenvalue weighted by molar-refractivity contribution is 9.13. The van der Waals surface area contributed by atoms with Crippen molar-refractivity contribution in [3.8, 4) is 0 Å². The summed E-state index contributed by atoms with van der Waals surface area (Å²) in [7, 11) is -3.43. The molecule has 0 radical (unpaired) electrons. The summed E-state index contributed by atoms with van der Waals surface area (Å²) in [5, 5.41) is 0. The fraction of sp³-hybridized carbons (Fsp3) is 0.357. The van der Waals surface area contributed by atoms with Crippen LogP contribution in [-0.2, 0) is 10.0 Å². The second-order valence-corrected chi connectivity index (χ2v) is 10.6. The highest BCUT2D eigenvalue weighted by atomic mass is 79.9. The van der Waals surface area contributed by atoms with E-state index < -0.39 is 10.0 Å². The van der Waals surface area contributed by atoms with Crippen molar-refractivity contribution < 1.29 is 8.42 Å². The van der Waals surface area contributed by atoms with Crippen LogP contribution in [-0.4, -0.2) is 43.9 Å². The van der Waals surface area contributed by atoms with E-state index in [4.69, 9.17) is 0 Å². The van der Waals surface area contributed by atoms with E-state index >= 15 is 0 Å². The maximum absolute atomic E-state index is 12.7. The summed E-state index contributed by atoms with van der Waals surface area (Å²) in [5.74, 6) is 0.906. The van der Waals surface area contributed by atoms with Crippen LogP contribution in [0.5, 0.6) is 0 Å². The molecular formula is C14H15Br2N3O2S2. The van der Waals surface area contributed by atoms with Crippen LogP contribution in [0, 0.1) is 6.92 Å². The summed E-state index contributed by atoms with van der Waals surface area (Å²) in [6.07, 6.45) is 0.